The van der Waals surface area contributed by atoms with Gasteiger partial charge in [-0.3, -0.25) is 24.3 Å². The zero-order valence-corrected chi connectivity index (χ0v) is 32.1. The Hall–Kier alpha value is -3.28. The van der Waals surface area contributed by atoms with E-state index in [-0.39, 0.29) is 46.0 Å². The van der Waals surface area contributed by atoms with Crippen LogP contribution in [-0.4, -0.2) is 79.1 Å². The van der Waals surface area contributed by atoms with Crippen molar-refractivity contribution in [2.45, 2.75) is 109 Å². The van der Waals surface area contributed by atoms with Gasteiger partial charge in [0.2, 0.25) is 11.9 Å². The topological polar surface area (TPSA) is 136 Å². The first-order valence-electron chi connectivity index (χ1n) is 16.3. The fourth-order valence-corrected chi connectivity index (χ4v) is 7.19. The second-order valence-electron chi connectivity index (χ2n) is 15.3. The Labute approximate surface area is 285 Å². The molecule has 0 saturated carbocycles. The molecule has 0 aliphatic carbocycles. The average Bonchev–Trinajstić information content (AvgIpc) is 3.54. The van der Waals surface area contributed by atoms with Gasteiger partial charge < -0.3 is 18.3 Å². The molecule has 1 saturated heterocycles. The van der Waals surface area contributed by atoms with Gasteiger partial charge in [0.15, 0.2) is 34.0 Å². The molecular weight excluding hydrogens is 647 g/mol. The predicted molar refractivity (Wildman–Crippen MR) is 191 cm³/mol. The van der Waals surface area contributed by atoms with Gasteiger partial charge in [-0.05, 0) is 48.4 Å². The van der Waals surface area contributed by atoms with E-state index in [0.29, 0.717) is 0 Å². The summed E-state index contributed by atoms with van der Waals surface area (Å²) in [6.07, 6.45) is 0.579. The van der Waals surface area contributed by atoms with Crippen LogP contribution in [0.15, 0.2) is 54.1 Å². The number of hydrogen-bond acceptors (Lipinski definition) is 9. The Morgan fingerprint density at radius 2 is 1.65 bits per heavy atom. The zero-order valence-electron chi connectivity index (χ0n) is 30.1. The Morgan fingerprint density at radius 1 is 1.02 bits per heavy atom. The van der Waals surface area contributed by atoms with Crippen molar-refractivity contribution in [2.75, 3.05) is 18.5 Å². The van der Waals surface area contributed by atoms with Crippen molar-refractivity contribution in [3.05, 3.63) is 65.2 Å². The highest BCUT2D eigenvalue weighted by Crippen LogP contribution is 2.44. The smallest absolute Gasteiger partial charge is 0.290 e. The number of amides is 1. The molecule has 3 heterocycles. The van der Waals surface area contributed by atoms with Crippen LogP contribution in [0.25, 0.3) is 11.2 Å². The second-order valence-corrected chi connectivity index (χ2v) is 24.9. The summed E-state index contributed by atoms with van der Waals surface area (Å²) in [5, 5.41) is 2.40. The Bertz CT molecular complexity index is 1710. The second kappa shape index (κ2) is 13.9. The lowest BCUT2D eigenvalue weighted by atomic mass is 10.1. The van der Waals surface area contributed by atoms with Gasteiger partial charge in [0.05, 0.1) is 19.5 Å². The maximum Gasteiger partial charge on any atom is 0.290 e. The SMILES string of the molecule is C=CCO[C@H]1[C@@H](O[Si](C)(C)C(C)(C)C)[C@H](n2cnc3c(=O)n(C(=O)c4ccccc4)c(NC(C)=O)nc32)O[C@@H]1CO[Si](C)(C)C(C)(C)C. The van der Waals surface area contributed by atoms with Crippen LogP contribution in [0.3, 0.4) is 0 Å². The number of nitrogens with one attached hydrogen (secondary N) is 1. The molecule has 262 valence electrons. The molecule has 4 atom stereocenters. The maximum absolute atomic E-state index is 14.0. The van der Waals surface area contributed by atoms with E-state index < -0.39 is 58.5 Å². The van der Waals surface area contributed by atoms with Gasteiger partial charge >= 0.3 is 0 Å². The number of nitrogens with zero attached hydrogens (tertiary/aromatic N) is 4. The van der Waals surface area contributed by atoms with Crippen molar-refractivity contribution < 1.29 is 27.9 Å². The minimum atomic E-state index is -2.44. The van der Waals surface area contributed by atoms with Crippen LogP contribution in [-0.2, 0) is 23.1 Å². The molecule has 3 aromatic rings. The van der Waals surface area contributed by atoms with Gasteiger partial charge in [-0.2, -0.15) is 4.98 Å². The van der Waals surface area contributed by atoms with Gasteiger partial charge in [0, 0.05) is 12.5 Å². The lowest BCUT2D eigenvalue weighted by molar-refractivity contribution is -0.114. The van der Waals surface area contributed by atoms with E-state index in [4.69, 9.17) is 18.3 Å². The number of hydrogen-bond donors (Lipinski definition) is 1. The third-order valence-corrected chi connectivity index (χ3v) is 18.7. The summed E-state index contributed by atoms with van der Waals surface area (Å²) in [5.74, 6) is -1.38. The Balaban J connectivity index is 1.88. The van der Waals surface area contributed by atoms with Crippen LogP contribution in [0, 0.1) is 0 Å². The van der Waals surface area contributed by atoms with Crippen molar-refractivity contribution in [1.82, 2.24) is 19.1 Å². The van der Waals surface area contributed by atoms with E-state index in [1.807, 2.05) is 0 Å². The van der Waals surface area contributed by atoms with Crippen LogP contribution in [0.4, 0.5) is 5.95 Å². The van der Waals surface area contributed by atoms with Crippen molar-refractivity contribution in [3.63, 3.8) is 0 Å². The van der Waals surface area contributed by atoms with Crippen LogP contribution in [0.1, 0.15) is 65.1 Å². The number of anilines is 1. The fourth-order valence-electron chi connectivity index (χ4n) is 4.89. The third-order valence-electron chi connectivity index (χ3n) is 9.73. The number of fused-ring (bicyclic) bond motifs is 1. The molecule has 12 nitrogen and oxygen atoms in total. The van der Waals surface area contributed by atoms with Crippen molar-refractivity contribution in [1.29, 1.82) is 0 Å². The van der Waals surface area contributed by atoms with E-state index in [1.54, 1.807) is 41.0 Å². The average molecular weight is 698 g/mol. The normalized spacial score (nSPS) is 20.6. The van der Waals surface area contributed by atoms with E-state index in [9.17, 15) is 14.4 Å². The number of imidazole rings is 1. The number of benzene rings is 1. The van der Waals surface area contributed by atoms with Crippen LogP contribution >= 0.6 is 0 Å². The molecular formula is C34H51N5O7Si2. The first-order chi connectivity index (χ1) is 22.2. The highest BCUT2D eigenvalue weighted by Gasteiger charge is 2.52. The zero-order chi connectivity index (χ0) is 35.8. The summed E-state index contributed by atoms with van der Waals surface area (Å²) in [6, 6.07) is 8.30. The molecule has 1 fully saturated rings. The molecule has 0 bridgehead atoms. The van der Waals surface area contributed by atoms with Crippen LogP contribution in [0.5, 0.6) is 0 Å². The predicted octanol–water partition coefficient (Wildman–Crippen LogP) is 6.12. The summed E-state index contributed by atoms with van der Waals surface area (Å²) in [7, 11) is -4.61. The first-order valence-corrected chi connectivity index (χ1v) is 22.1. The number of rotatable bonds is 11. The molecule has 1 aliphatic heterocycles. The van der Waals surface area contributed by atoms with Gasteiger partial charge in [-0.1, -0.05) is 65.8 Å². The lowest BCUT2D eigenvalue weighted by Crippen LogP contribution is -2.50. The first kappa shape index (κ1) is 37.5. The summed E-state index contributed by atoms with van der Waals surface area (Å²) in [6.45, 7) is 27.3. The molecule has 0 radical (unpaired) electrons. The van der Waals surface area contributed by atoms with Gasteiger partial charge in [-0.15, -0.1) is 6.58 Å². The highest BCUT2D eigenvalue weighted by molar-refractivity contribution is 6.74. The monoisotopic (exact) mass is 697 g/mol. The van der Waals surface area contributed by atoms with Crippen LogP contribution in [0.2, 0.25) is 36.3 Å². The largest absolute Gasteiger partial charge is 0.414 e. The van der Waals surface area contributed by atoms with Gasteiger partial charge in [-0.25, -0.2) is 9.55 Å². The number of ether oxygens (including phenoxy) is 2. The Morgan fingerprint density at radius 3 is 2.21 bits per heavy atom. The van der Waals surface area contributed by atoms with E-state index in [0.717, 1.165) is 4.57 Å². The van der Waals surface area contributed by atoms with Crippen molar-refractivity contribution >= 4 is 45.6 Å². The number of carbonyl (C=O) groups is 2. The third kappa shape index (κ3) is 7.63. The van der Waals surface area contributed by atoms with E-state index in [2.05, 4.69) is 89.6 Å². The highest BCUT2D eigenvalue weighted by atomic mass is 28.4. The number of carbonyl (C=O) groups excluding carboxylic acids is 2. The molecule has 14 heteroatoms. The molecule has 0 spiro atoms. The molecule has 48 heavy (non-hydrogen) atoms. The molecule has 1 N–H and O–H groups in total. The molecule has 0 unspecified atom stereocenters. The summed E-state index contributed by atoms with van der Waals surface area (Å²) in [4.78, 5) is 48.9. The summed E-state index contributed by atoms with van der Waals surface area (Å²) >= 11 is 0. The quantitative estimate of drug-likeness (QED) is 0.186. The maximum atomic E-state index is 14.0. The molecule has 1 amide bonds. The van der Waals surface area contributed by atoms with Gasteiger partial charge in [0.25, 0.3) is 11.5 Å². The molecule has 2 aromatic heterocycles. The minimum Gasteiger partial charge on any atom is -0.414 e. The van der Waals surface area contributed by atoms with Gasteiger partial charge in [0.1, 0.15) is 18.3 Å². The van der Waals surface area contributed by atoms with Crippen LogP contribution < -0.4 is 10.9 Å². The summed E-state index contributed by atoms with van der Waals surface area (Å²) < 4.78 is 29.3. The molecule has 4 rings (SSSR count). The van der Waals surface area contributed by atoms with E-state index >= 15 is 0 Å². The molecule has 1 aromatic carbocycles. The molecule has 1 aliphatic rings. The lowest BCUT2D eigenvalue weighted by Gasteiger charge is -2.41. The van der Waals surface area contributed by atoms with Crippen molar-refractivity contribution in [3.8, 4) is 0 Å². The van der Waals surface area contributed by atoms with Crippen molar-refractivity contribution in [2.24, 2.45) is 0 Å². The summed E-state index contributed by atoms with van der Waals surface area (Å²) in [5.41, 5.74) is -0.412. The minimum absolute atomic E-state index is 0.0266. The van der Waals surface area contributed by atoms with E-state index in [1.165, 1.54) is 13.3 Å². The fraction of sp³-hybridized carbons (Fsp3) is 0.559. The Kier molecular flexibility index (Phi) is 10.9. The standard InChI is InChI=1S/C34H51N5O7Si2/c1-13-19-43-26-24(20-44-47(9,10)33(3,4)5)45-31(27(26)46-48(11,12)34(6,7)8)38-21-35-25-28(38)37-32(36-22(2)40)39(30(25)42)29(41)23-17-15-14-16-18-23/h13-18,21,24,26-27,31H,1,19-20H2,2-12H3,(H,36,37,40)/t24-,26-,27-,31-/m1/s1. The number of aromatic nitrogens is 4.